The number of hydrogen-bond donors (Lipinski definition) is 0. The Hall–Kier alpha value is -2.20. The molecule has 1 heterocycles. The zero-order valence-corrected chi connectivity index (χ0v) is 12.9. The minimum absolute atomic E-state index is 0.0259. The van der Waals surface area contributed by atoms with E-state index in [0.29, 0.717) is 6.54 Å². The lowest BCUT2D eigenvalue weighted by Gasteiger charge is -2.15. The second kappa shape index (κ2) is 5.66. The molecule has 0 radical (unpaired) electrons. The third-order valence-corrected chi connectivity index (χ3v) is 4.34. The molecule has 0 aliphatic heterocycles. The molecule has 0 saturated heterocycles. The molecule has 0 bridgehead atoms. The van der Waals surface area contributed by atoms with Gasteiger partial charge in [-0.05, 0) is 31.2 Å². The van der Waals surface area contributed by atoms with Crippen LogP contribution in [0.3, 0.4) is 0 Å². The van der Waals surface area contributed by atoms with E-state index in [2.05, 4.69) is 11.1 Å². The average Bonchev–Trinajstić information content (AvgIpc) is 2.88. The van der Waals surface area contributed by atoms with E-state index in [1.165, 1.54) is 0 Å². The van der Waals surface area contributed by atoms with Gasteiger partial charge >= 0.3 is 0 Å². The first-order valence-corrected chi connectivity index (χ1v) is 7.62. The number of amides is 1. The summed E-state index contributed by atoms with van der Waals surface area (Å²) < 4.78 is 1.16. The van der Waals surface area contributed by atoms with Gasteiger partial charge in [-0.1, -0.05) is 29.8 Å². The molecule has 0 atom stereocenters. The smallest absolute Gasteiger partial charge is 0.253 e. The number of para-hydroxylation sites is 1. The molecule has 3 aromatic rings. The van der Waals surface area contributed by atoms with Crippen LogP contribution in [-0.2, 0) is 6.54 Å². The number of rotatable bonds is 3. The van der Waals surface area contributed by atoms with Gasteiger partial charge in [0.1, 0.15) is 5.01 Å². The first kappa shape index (κ1) is 13.8. The van der Waals surface area contributed by atoms with Crippen LogP contribution in [0.15, 0.2) is 48.5 Å². The summed E-state index contributed by atoms with van der Waals surface area (Å²) in [5, 5.41) is 0.958. The van der Waals surface area contributed by atoms with Crippen molar-refractivity contribution in [3.8, 4) is 0 Å². The van der Waals surface area contributed by atoms with Crippen LogP contribution in [0.1, 0.15) is 20.9 Å². The summed E-state index contributed by atoms with van der Waals surface area (Å²) in [7, 11) is 1.82. The number of thiazole rings is 1. The highest BCUT2D eigenvalue weighted by molar-refractivity contribution is 7.18. The standard InChI is InChI=1S/C17H16N2OS/c1-12-6-5-7-13(10-12)17(20)19(2)11-16-18-14-8-3-4-9-15(14)21-16/h3-10H,11H2,1-2H3. The Morgan fingerprint density at radius 2 is 2.00 bits per heavy atom. The fraction of sp³-hybridized carbons (Fsp3) is 0.176. The summed E-state index contributed by atoms with van der Waals surface area (Å²) in [6.07, 6.45) is 0. The van der Waals surface area contributed by atoms with Crippen molar-refractivity contribution < 1.29 is 4.79 Å². The summed E-state index contributed by atoms with van der Waals surface area (Å²) in [5.74, 6) is 0.0259. The molecule has 0 aliphatic carbocycles. The molecule has 3 nitrogen and oxygen atoms in total. The molecule has 3 rings (SSSR count). The van der Waals surface area contributed by atoms with E-state index in [4.69, 9.17) is 0 Å². The Kier molecular flexibility index (Phi) is 3.71. The number of carbonyl (C=O) groups is 1. The van der Waals surface area contributed by atoms with Crippen molar-refractivity contribution in [2.45, 2.75) is 13.5 Å². The van der Waals surface area contributed by atoms with E-state index < -0.39 is 0 Å². The molecule has 2 aromatic carbocycles. The van der Waals surface area contributed by atoms with Crippen molar-refractivity contribution in [3.63, 3.8) is 0 Å². The molecule has 0 N–H and O–H groups in total. The lowest BCUT2D eigenvalue weighted by molar-refractivity contribution is 0.0785. The van der Waals surface area contributed by atoms with Gasteiger partial charge in [-0.2, -0.15) is 0 Å². The van der Waals surface area contributed by atoms with Gasteiger partial charge in [0.2, 0.25) is 0 Å². The van der Waals surface area contributed by atoms with Gasteiger partial charge in [-0.3, -0.25) is 4.79 Å². The van der Waals surface area contributed by atoms with E-state index in [1.807, 2.05) is 56.4 Å². The van der Waals surface area contributed by atoms with Gasteiger partial charge in [0.05, 0.1) is 16.8 Å². The first-order chi connectivity index (χ1) is 10.1. The zero-order valence-electron chi connectivity index (χ0n) is 12.0. The number of nitrogens with zero attached hydrogens (tertiary/aromatic N) is 2. The van der Waals surface area contributed by atoms with E-state index in [1.54, 1.807) is 16.2 Å². The lowest BCUT2D eigenvalue weighted by atomic mass is 10.1. The van der Waals surface area contributed by atoms with Crippen molar-refractivity contribution in [1.29, 1.82) is 0 Å². The molecule has 1 aromatic heterocycles. The molecule has 0 fully saturated rings. The second-order valence-corrected chi connectivity index (χ2v) is 6.22. The Morgan fingerprint density at radius 3 is 2.76 bits per heavy atom. The number of aryl methyl sites for hydroxylation is 1. The maximum absolute atomic E-state index is 12.4. The highest BCUT2D eigenvalue weighted by Gasteiger charge is 2.14. The van der Waals surface area contributed by atoms with E-state index >= 15 is 0 Å². The summed E-state index contributed by atoms with van der Waals surface area (Å²) in [6, 6.07) is 15.7. The third-order valence-electron chi connectivity index (χ3n) is 3.32. The summed E-state index contributed by atoms with van der Waals surface area (Å²) in [4.78, 5) is 18.7. The predicted molar refractivity (Wildman–Crippen MR) is 86.6 cm³/mol. The van der Waals surface area contributed by atoms with E-state index in [-0.39, 0.29) is 5.91 Å². The first-order valence-electron chi connectivity index (χ1n) is 6.80. The number of fused-ring (bicyclic) bond motifs is 1. The van der Waals surface area contributed by atoms with Crippen LogP contribution in [-0.4, -0.2) is 22.8 Å². The van der Waals surface area contributed by atoms with Gasteiger partial charge in [0.25, 0.3) is 5.91 Å². The van der Waals surface area contributed by atoms with E-state index in [0.717, 1.165) is 26.4 Å². The van der Waals surface area contributed by atoms with Crippen LogP contribution >= 0.6 is 11.3 Å². The molecule has 0 aliphatic rings. The Labute approximate surface area is 127 Å². The van der Waals surface area contributed by atoms with Crippen LogP contribution in [0, 0.1) is 6.92 Å². The average molecular weight is 296 g/mol. The van der Waals surface area contributed by atoms with Crippen LogP contribution in [0.4, 0.5) is 0 Å². The van der Waals surface area contributed by atoms with Gasteiger partial charge in [-0.15, -0.1) is 11.3 Å². The fourth-order valence-corrected chi connectivity index (χ4v) is 3.28. The molecule has 4 heteroatoms. The second-order valence-electron chi connectivity index (χ2n) is 5.11. The minimum Gasteiger partial charge on any atom is -0.335 e. The van der Waals surface area contributed by atoms with Crippen molar-refractivity contribution in [3.05, 3.63) is 64.7 Å². The van der Waals surface area contributed by atoms with Crippen LogP contribution < -0.4 is 0 Å². The van der Waals surface area contributed by atoms with Gasteiger partial charge < -0.3 is 4.90 Å². The number of benzene rings is 2. The van der Waals surface area contributed by atoms with Crippen LogP contribution in [0.5, 0.6) is 0 Å². The fourth-order valence-electron chi connectivity index (χ4n) is 2.26. The number of aromatic nitrogens is 1. The predicted octanol–water partition coefficient (Wildman–Crippen LogP) is 3.88. The third kappa shape index (κ3) is 2.95. The maximum atomic E-state index is 12.4. The van der Waals surface area contributed by atoms with Crippen molar-refractivity contribution >= 4 is 27.5 Å². The Bertz CT molecular complexity index is 761. The largest absolute Gasteiger partial charge is 0.335 e. The maximum Gasteiger partial charge on any atom is 0.253 e. The summed E-state index contributed by atoms with van der Waals surface area (Å²) in [6.45, 7) is 2.52. The Balaban J connectivity index is 1.79. The van der Waals surface area contributed by atoms with Crippen molar-refractivity contribution in [2.24, 2.45) is 0 Å². The Morgan fingerprint density at radius 1 is 1.19 bits per heavy atom. The highest BCUT2D eigenvalue weighted by atomic mass is 32.1. The lowest BCUT2D eigenvalue weighted by Crippen LogP contribution is -2.26. The van der Waals surface area contributed by atoms with Gasteiger partial charge in [0.15, 0.2) is 0 Å². The molecular weight excluding hydrogens is 280 g/mol. The molecule has 106 valence electrons. The minimum atomic E-state index is 0.0259. The SMILES string of the molecule is Cc1cccc(C(=O)N(C)Cc2nc3ccccc3s2)c1. The van der Waals surface area contributed by atoms with Crippen molar-refractivity contribution in [2.75, 3.05) is 7.05 Å². The molecule has 0 spiro atoms. The monoisotopic (exact) mass is 296 g/mol. The van der Waals surface area contributed by atoms with Crippen LogP contribution in [0.2, 0.25) is 0 Å². The summed E-state index contributed by atoms with van der Waals surface area (Å²) >= 11 is 1.64. The quantitative estimate of drug-likeness (QED) is 0.735. The highest BCUT2D eigenvalue weighted by Crippen LogP contribution is 2.22. The zero-order chi connectivity index (χ0) is 14.8. The molecular formula is C17H16N2OS. The summed E-state index contributed by atoms with van der Waals surface area (Å²) in [5.41, 5.74) is 2.81. The van der Waals surface area contributed by atoms with Gasteiger partial charge in [0, 0.05) is 12.6 Å². The van der Waals surface area contributed by atoms with Crippen molar-refractivity contribution in [1.82, 2.24) is 9.88 Å². The van der Waals surface area contributed by atoms with E-state index in [9.17, 15) is 4.79 Å². The molecule has 0 saturated carbocycles. The number of carbonyl (C=O) groups excluding carboxylic acids is 1. The van der Waals surface area contributed by atoms with Gasteiger partial charge in [-0.25, -0.2) is 4.98 Å². The normalized spacial score (nSPS) is 10.8. The van der Waals surface area contributed by atoms with Crippen LogP contribution in [0.25, 0.3) is 10.2 Å². The molecule has 1 amide bonds. The topological polar surface area (TPSA) is 33.2 Å². The molecule has 21 heavy (non-hydrogen) atoms. The molecule has 0 unspecified atom stereocenters. The number of hydrogen-bond acceptors (Lipinski definition) is 3.